The Hall–Kier alpha value is -3.27. The molecule has 3 aromatic carbocycles. The molecule has 0 saturated heterocycles. The van der Waals surface area contributed by atoms with Crippen LogP contribution in [0.5, 0.6) is 11.5 Å². The maximum atomic E-state index is 12.2. The van der Waals surface area contributed by atoms with E-state index in [-0.39, 0.29) is 12.5 Å². The van der Waals surface area contributed by atoms with Crippen molar-refractivity contribution in [3.8, 4) is 11.5 Å². The van der Waals surface area contributed by atoms with Gasteiger partial charge in [0.25, 0.3) is 5.91 Å². The van der Waals surface area contributed by atoms with E-state index in [4.69, 9.17) is 9.47 Å². The molecule has 4 nitrogen and oxygen atoms in total. The van der Waals surface area contributed by atoms with Crippen LogP contribution >= 0.6 is 0 Å². The van der Waals surface area contributed by atoms with E-state index in [0.717, 1.165) is 11.1 Å². The zero-order chi connectivity index (χ0) is 19.1. The first-order chi connectivity index (χ1) is 13.1. The lowest BCUT2D eigenvalue weighted by Gasteiger charge is -2.11. The fraction of sp³-hybridized carbons (Fsp3) is 0.174. The van der Waals surface area contributed by atoms with Gasteiger partial charge in [-0.05, 0) is 54.8 Å². The van der Waals surface area contributed by atoms with Crippen LogP contribution in [-0.2, 0) is 11.4 Å². The molecule has 0 unspecified atom stereocenters. The van der Waals surface area contributed by atoms with Crippen molar-refractivity contribution in [1.29, 1.82) is 0 Å². The first kappa shape index (κ1) is 18.5. The third-order valence-electron chi connectivity index (χ3n) is 4.21. The summed E-state index contributed by atoms with van der Waals surface area (Å²) in [5.41, 5.74) is 4.10. The smallest absolute Gasteiger partial charge is 0.262 e. The molecule has 4 heteroatoms. The van der Waals surface area contributed by atoms with E-state index in [9.17, 15) is 4.79 Å². The van der Waals surface area contributed by atoms with Crippen LogP contribution < -0.4 is 14.8 Å². The summed E-state index contributed by atoms with van der Waals surface area (Å²) in [5.74, 6) is 1.17. The Morgan fingerprint density at radius 1 is 0.815 bits per heavy atom. The molecule has 138 valence electrons. The summed E-state index contributed by atoms with van der Waals surface area (Å²) in [6, 6.07) is 23.1. The van der Waals surface area contributed by atoms with Gasteiger partial charge in [-0.1, -0.05) is 42.5 Å². The number of rotatable bonds is 7. The minimum absolute atomic E-state index is 0.0440. The zero-order valence-electron chi connectivity index (χ0n) is 15.6. The number of hydrogen-bond acceptors (Lipinski definition) is 3. The quantitative estimate of drug-likeness (QED) is 0.651. The number of aryl methyl sites for hydroxylation is 2. The Labute approximate surface area is 159 Å². The summed E-state index contributed by atoms with van der Waals surface area (Å²) in [4.78, 5) is 12.2. The Kier molecular flexibility index (Phi) is 6.10. The predicted molar refractivity (Wildman–Crippen MR) is 107 cm³/mol. The Morgan fingerprint density at radius 3 is 2.37 bits per heavy atom. The molecule has 1 N–H and O–H groups in total. The lowest BCUT2D eigenvalue weighted by atomic mass is 10.1. The second-order valence-corrected chi connectivity index (χ2v) is 6.39. The molecule has 1 amide bonds. The Bertz CT molecular complexity index is 907. The van der Waals surface area contributed by atoms with Crippen LogP contribution in [0.2, 0.25) is 0 Å². The molecule has 3 rings (SSSR count). The molecule has 0 fully saturated rings. The highest BCUT2D eigenvalue weighted by atomic mass is 16.5. The van der Waals surface area contributed by atoms with Crippen LogP contribution in [0.4, 0.5) is 5.69 Å². The van der Waals surface area contributed by atoms with E-state index < -0.39 is 0 Å². The molecule has 0 saturated carbocycles. The third-order valence-corrected chi connectivity index (χ3v) is 4.21. The number of carbonyl (C=O) groups is 1. The molecular formula is C23H23NO3. The molecule has 0 radical (unpaired) electrons. The summed E-state index contributed by atoms with van der Waals surface area (Å²) in [6.45, 7) is 4.49. The van der Waals surface area contributed by atoms with Crippen molar-refractivity contribution in [2.75, 3.05) is 11.9 Å². The van der Waals surface area contributed by atoms with Crippen molar-refractivity contribution in [2.45, 2.75) is 20.5 Å². The van der Waals surface area contributed by atoms with Crippen molar-refractivity contribution < 1.29 is 14.3 Å². The summed E-state index contributed by atoms with van der Waals surface area (Å²) in [7, 11) is 0. The number of carbonyl (C=O) groups excluding carboxylic acids is 1. The van der Waals surface area contributed by atoms with E-state index in [2.05, 4.69) is 5.32 Å². The monoisotopic (exact) mass is 361 g/mol. The normalized spacial score (nSPS) is 10.3. The summed E-state index contributed by atoms with van der Waals surface area (Å²) < 4.78 is 11.4. The van der Waals surface area contributed by atoms with Gasteiger partial charge in [0.1, 0.15) is 18.1 Å². The van der Waals surface area contributed by atoms with Crippen molar-refractivity contribution in [1.82, 2.24) is 0 Å². The molecule has 0 aliphatic rings. The first-order valence-electron chi connectivity index (χ1n) is 8.87. The second kappa shape index (κ2) is 8.90. The Balaban J connectivity index is 1.52. The average Bonchev–Trinajstić information content (AvgIpc) is 2.68. The zero-order valence-corrected chi connectivity index (χ0v) is 15.6. The molecule has 0 bridgehead atoms. The Morgan fingerprint density at radius 2 is 1.59 bits per heavy atom. The molecule has 0 aliphatic heterocycles. The number of anilines is 1. The van der Waals surface area contributed by atoms with Crippen molar-refractivity contribution >= 4 is 11.6 Å². The second-order valence-electron chi connectivity index (χ2n) is 6.39. The molecule has 27 heavy (non-hydrogen) atoms. The van der Waals surface area contributed by atoms with Gasteiger partial charge in [-0.25, -0.2) is 0 Å². The van der Waals surface area contributed by atoms with Crippen LogP contribution in [0.15, 0.2) is 72.8 Å². The fourth-order valence-corrected chi connectivity index (χ4v) is 2.55. The molecule has 0 atom stereocenters. The topological polar surface area (TPSA) is 47.6 Å². The van der Waals surface area contributed by atoms with Crippen molar-refractivity contribution in [2.24, 2.45) is 0 Å². The molecule has 0 aliphatic carbocycles. The van der Waals surface area contributed by atoms with E-state index in [1.807, 2.05) is 80.6 Å². The van der Waals surface area contributed by atoms with Gasteiger partial charge in [-0.3, -0.25) is 4.79 Å². The number of amides is 1. The van der Waals surface area contributed by atoms with Gasteiger partial charge in [0.05, 0.1) is 0 Å². The van der Waals surface area contributed by atoms with Crippen LogP contribution in [0, 0.1) is 13.8 Å². The highest BCUT2D eigenvalue weighted by molar-refractivity contribution is 5.92. The summed E-state index contributed by atoms with van der Waals surface area (Å²) in [6.07, 6.45) is 0. The van der Waals surface area contributed by atoms with Crippen LogP contribution in [0.3, 0.4) is 0 Å². The molecule has 0 spiro atoms. The first-order valence-corrected chi connectivity index (χ1v) is 8.87. The number of hydrogen-bond donors (Lipinski definition) is 1. The largest absolute Gasteiger partial charge is 0.489 e. The van der Waals surface area contributed by atoms with Gasteiger partial charge >= 0.3 is 0 Å². The minimum atomic E-state index is -0.214. The molecule has 0 aromatic heterocycles. The van der Waals surface area contributed by atoms with Crippen LogP contribution in [-0.4, -0.2) is 12.5 Å². The van der Waals surface area contributed by atoms with Crippen LogP contribution in [0.25, 0.3) is 0 Å². The lowest BCUT2D eigenvalue weighted by Crippen LogP contribution is -2.20. The van der Waals surface area contributed by atoms with Gasteiger partial charge in [-0.2, -0.15) is 0 Å². The van der Waals surface area contributed by atoms with Crippen molar-refractivity contribution in [3.63, 3.8) is 0 Å². The van der Waals surface area contributed by atoms with E-state index in [1.165, 1.54) is 5.56 Å². The van der Waals surface area contributed by atoms with E-state index in [1.54, 1.807) is 6.07 Å². The SMILES string of the molecule is Cc1ccc(OCC(=O)Nc2cccc(OCc3ccccc3)c2)cc1C. The third kappa shape index (κ3) is 5.61. The number of ether oxygens (including phenoxy) is 2. The van der Waals surface area contributed by atoms with E-state index in [0.29, 0.717) is 23.8 Å². The average molecular weight is 361 g/mol. The standard InChI is InChI=1S/C23H23NO3/c1-17-11-12-22(13-18(17)2)27-16-23(25)24-20-9-6-10-21(14-20)26-15-19-7-4-3-5-8-19/h3-14H,15-16H2,1-2H3,(H,24,25). The van der Waals surface area contributed by atoms with Crippen LogP contribution in [0.1, 0.15) is 16.7 Å². The minimum Gasteiger partial charge on any atom is -0.489 e. The number of nitrogens with one attached hydrogen (secondary N) is 1. The summed E-state index contributed by atoms with van der Waals surface area (Å²) in [5, 5.41) is 2.83. The lowest BCUT2D eigenvalue weighted by molar-refractivity contribution is -0.118. The van der Waals surface area contributed by atoms with Gasteiger partial charge < -0.3 is 14.8 Å². The predicted octanol–water partition coefficient (Wildman–Crippen LogP) is 4.90. The maximum absolute atomic E-state index is 12.2. The van der Waals surface area contributed by atoms with Crippen molar-refractivity contribution in [3.05, 3.63) is 89.5 Å². The highest BCUT2D eigenvalue weighted by Gasteiger charge is 2.06. The van der Waals surface area contributed by atoms with Gasteiger partial charge in [0, 0.05) is 11.8 Å². The summed E-state index contributed by atoms with van der Waals surface area (Å²) >= 11 is 0. The van der Waals surface area contributed by atoms with Gasteiger partial charge in [0.2, 0.25) is 0 Å². The number of benzene rings is 3. The van der Waals surface area contributed by atoms with Gasteiger partial charge in [0.15, 0.2) is 6.61 Å². The fourth-order valence-electron chi connectivity index (χ4n) is 2.55. The molecule has 0 heterocycles. The highest BCUT2D eigenvalue weighted by Crippen LogP contribution is 2.19. The molecular weight excluding hydrogens is 338 g/mol. The van der Waals surface area contributed by atoms with Gasteiger partial charge in [-0.15, -0.1) is 0 Å². The molecule has 3 aromatic rings. The maximum Gasteiger partial charge on any atom is 0.262 e. The van der Waals surface area contributed by atoms with E-state index >= 15 is 0 Å².